The molecule has 1 fully saturated rings. The third kappa shape index (κ3) is 5.16. The second kappa shape index (κ2) is 7.60. The summed E-state index contributed by atoms with van der Waals surface area (Å²) in [7, 11) is 2.09. The van der Waals surface area contributed by atoms with E-state index >= 15 is 0 Å². The van der Waals surface area contributed by atoms with Crippen LogP contribution in [0.3, 0.4) is 0 Å². The highest BCUT2D eigenvalue weighted by molar-refractivity contribution is 5.77. The fourth-order valence-electron chi connectivity index (χ4n) is 3.18. The standard InChI is InChI=1S/C18H28N2O/c1-14-8-10-16(11-9-14)12-20(3)13-18(21)19-17-7-5-4-6-15(17)2/h8-11,15,17H,4-7,12-13H2,1-3H3,(H,19,21)/p+1/t15-,17+/m1/s1. The topological polar surface area (TPSA) is 33.5 Å². The summed E-state index contributed by atoms with van der Waals surface area (Å²) in [4.78, 5) is 13.4. The Morgan fingerprint density at radius 1 is 1.24 bits per heavy atom. The van der Waals surface area contributed by atoms with E-state index in [4.69, 9.17) is 0 Å². The largest absolute Gasteiger partial charge is 0.348 e. The van der Waals surface area contributed by atoms with Gasteiger partial charge in [-0.15, -0.1) is 0 Å². The van der Waals surface area contributed by atoms with Crippen LogP contribution < -0.4 is 10.2 Å². The number of amides is 1. The van der Waals surface area contributed by atoms with E-state index in [1.165, 1.54) is 35.3 Å². The summed E-state index contributed by atoms with van der Waals surface area (Å²) in [6, 6.07) is 8.96. The lowest BCUT2D eigenvalue weighted by molar-refractivity contribution is -0.885. The Morgan fingerprint density at radius 2 is 1.90 bits per heavy atom. The lowest BCUT2D eigenvalue weighted by atomic mass is 9.86. The van der Waals surface area contributed by atoms with Gasteiger partial charge in [0.15, 0.2) is 6.54 Å². The maximum Gasteiger partial charge on any atom is 0.275 e. The number of nitrogens with one attached hydrogen (secondary N) is 2. The van der Waals surface area contributed by atoms with Crippen molar-refractivity contribution in [3.05, 3.63) is 35.4 Å². The summed E-state index contributed by atoms with van der Waals surface area (Å²) >= 11 is 0. The predicted octanol–water partition coefficient (Wildman–Crippen LogP) is 1.70. The monoisotopic (exact) mass is 289 g/mol. The first-order chi connectivity index (χ1) is 10.0. The number of carbonyl (C=O) groups is 1. The van der Waals surface area contributed by atoms with Crippen molar-refractivity contribution in [2.45, 2.75) is 52.1 Å². The minimum Gasteiger partial charge on any atom is -0.348 e. The van der Waals surface area contributed by atoms with Crippen LogP contribution in [0.2, 0.25) is 0 Å². The Kier molecular flexibility index (Phi) is 5.80. The van der Waals surface area contributed by atoms with Gasteiger partial charge in [-0.05, 0) is 25.7 Å². The van der Waals surface area contributed by atoms with Crippen LogP contribution in [-0.4, -0.2) is 25.5 Å². The van der Waals surface area contributed by atoms with Gasteiger partial charge in [0.1, 0.15) is 6.54 Å². The number of aryl methyl sites for hydroxylation is 1. The van der Waals surface area contributed by atoms with Crippen LogP contribution in [0.4, 0.5) is 0 Å². The average Bonchev–Trinajstić information content (AvgIpc) is 2.44. The van der Waals surface area contributed by atoms with Crippen LogP contribution in [-0.2, 0) is 11.3 Å². The molecular formula is C18H29N2O+. The van der Waals surface area contributed by atoms with E-state index in [0.717, 1.165) is 13.0 Å². The summed E-state index contributed by atoms with van der Waals surface area (Å²) in [5, 5.41) is 3.23. The van der Waals surface area contributed by atoms with Gasteiger partial charge in [-0.3, -0.25) is 4.79 Å². The fraction of sp³-hybridized carbons (Fsp3) is 0.611. The molecule has 0 heterocycles. The van der Waals surface area contributed by atoms with Crippen LogP contribution >= 0.6 is 0 Å². The third-order valence-corrected chi connectivity index (χ3v) is 4.55. The first-order valence-electron chi connectivity index (χ1n) is 8.21. The van der Waals surface area contributed by atoms with E-state index < -0.39 is 0 Å². The molecule has 116 valence electrons. The second-order valence-corrected chi connectivity index (χ2v) is 6.73. The zero-order chi connectivity index (χ0) is 15.2. The van der Waals surface area contributed by atoms with Crippen molar-refractivity contribution in [1.82, 2.24) is 5.32 Å². The first kappa shape index (κ1) is 16.0. The van der Waals surface area contributed by atoms with Crippen LogP contribution in [0.1, 0.15) is 43.7 Å². The van der Waals surface area contributed by atoms with Crippen LogP contribution in [0, 0.1) is 12.8 Å². The molecular weight excluding hydrogens is 260 g/mol. The molecule has 0 aliphatic heterocycles. The van der Waals surface area contributed by atoms with Crippen molar-refractivity contribution in [2.24, 2.45) is 5.92 Å². The molecule has 1 aromatic rings. The SMILES string of the molecule is Cc1ccc(C[NH+](C)CC(=O)N[C@H]2CCCC[C@H]2C)cc1. The van der Waals surface area contributed by atoms with Gasteiger partial charge in [0, 0.05) is 11.6 Å². The molecule has 0 bridgehead atoms. The van der Waals surface area contributed by atoms with Crippen LogP contribution in [0.5, 0.6) is 0 Å². The van der Waals surface area contributed by atoms with Gasteiger partial charge in [0.2, 0.25) is 0 Å². The van der Waals surface area contributed by atoms with E-state index in [2.05, 4.69) is 50.5 Å². The molecule has 0 saturated heterocycles. The molecule has 21 heavy (non-hydrogen) atoms. The Hall–Kier alpha value is -1.35. The zero-order valence-electron chi connectivity index (χ0n) is 13.6. The quantitative estimate of drug-likeness (QED) is 0.850. The molecule has 2 rings (SSSR count). The number of benzene rings is 1. The van der Waals surface area contributed by atoms with Crippen LogP contribution in [0.15, 0.2) is 24.3 Å². The second-order valence-electron chi connectivity index (χ2n) is 6.73. The lowest BCUT2D eigenvalue weighted by Crippen LogP contribution is -3.09. The number of carbonyl (C=O) groups excluding carboxylic acids is 1. The fourth-order valence-corrected chi connectivity index (χ4v) is 3.18. The van der Waals surface area contributed by atoms with Gasteiger partial charge in [0.05, 0.1) is 7.05 Å². The van der Waals surface area contributed by atoms with E-state index in [1.54, 1.807) is 0 Å². The highest BCUT2D eigenvalue weighted by Gasteiger charge is 2.23. The Labute approximate surface area is 128 Å². The molecule has 0 radical (unpaired) electrons. The maximum absolute atomic E-state index is 12.2. The minimum absolute atomic E-state index is 0.193. The summed E-state index contributed by atoms with van der Waals surface area (Å²) in [6.07, 6.45) is 4.95. The number of likely N-dealkylation sites (N-methyl/N-ethyl adjacent to an activating group) is 1. The van der Waals surface area contributed by atoms with Crippen LogP contribution in [0.25, 0.3) is 0 Å². The summed E-state index contributed by atoms with van der Waals surface area (Å²) < 4.78 is 0. The molecule has 1 amide bonds. The van der Waals surface area contributed by atoms with Crippen molar-refractivity contribution in [2.75, 3.05) is 13.6 Å². The highest BCUT2D eigenvalue weighted by atomic mass is 16.2. The molecule has 0 aromatic heterocycles. The van der Waals surface area contributed by atoms with Crippen molar-refractivity contribution < 1.29 is 9.69 Å². The van der Waals surface area contributed by atoms with Crippen molar-refractivity contribution in [3.8, 4) is 0 Å². The number of hydrogen-bond acceptors (Lipinski definition) is 1. The first-order valence-corrected chi connectivity index (χ1v) is 8.21. The van der Waals surface area contributed by atoms with E-state index in [1.807, 2.05) is 0 Å². The summed E-state index contributed by atoms with van der Waals surface area (Å²) in [5.74, 6) is 0.818. The van der Waals surface area contributed by atoms with Gasteiger partial charge in [-0.25, -0.2) is 0 Å². The molecule has 1 aliphatic carbocycles. The van der Waals surface area contributed by atoms with Gasteiger partial charge in [-0.1, -0.05) is 49.6 Å². The Morgan fingerprint density at radius 3 is 2.57 bits per heavy atom. The molecule has 0 spiro atoms. The molecule has 1 unspecified atom stereocenters. The van der Waals surface area contributed by atoms with Gasteiger partial charge in [-0.2, -0.15) is 0 Å². The third-order valence-electron chi connectivity index (χ3n) is 4.55. The molecule has 3 nitrogen and oxygen atoms in total. The maximum atomic E-state index is 12.2. The minimum atomic E-state index is 0.193. The Balaban J connectivity index is 1.77. The van der Waals surface area contributed by atoms with Crippen molar-refractivity contribution in [1.29, 1.82) is 0 Å². The van der Waals surface area contributed by atoms with Gasteiger partial charge in [0.25, 0.3) is 5.91 Å². The van der Waals surface area contributed by atoms with E-state index in [0.29, 0.717) is 18.5 Å². The van der Waals surface area contributed by atoms with Gasteiger partial charge < -0.3 is 10.2 Å². The molecule has 1 saturated carbocycles. The van der Waals surface area contributed by atoms with E-state index in [9.17, 15) is 4.79 Å². The molecule has 3 heteroatoms. The summed E-state index contributed by atoms with van der Waals surface area (Å²) in [5.41, 5.74) is 2.57. The zero-order valence-corrected chi connectivity index (χ0v) is 13.6. The number of hydrogen-bond donors (Lipinski definition) is 2. The predicted molar refractivity (Wildman–Crippen MR) is 86.2 cm³/mol. The molecule has 1 aliphatic rings. The van der Waals surface area contributed by atoms with Crippen molar-refractivity contribution >= 4 is 5.91 Å². The number of rotatable bonds is 5. The van der Waals surface area contributed by atoms with Gasteiger partial charge >= 0.3 is 0 Å². The average molecular weight is 289 g/mol. The lowest BCUT2D eigenvalue weighted by Gasteiger charge is -2.29. The van der Waals surface area contributed by atoms with Crippen molar-refractivity contribution in [3.63, 3.8) is 0 Å². The highest BCUT2D eigenvalue weighted by Crippen LogP contribution is 2.23. The number of quaternary nitrogens is 1. The molecule has 3 atom stereocenters. The van der Waals surface area contributed by atoms with E-state index in [-0.39, 0.29) is 5.91 Å². The molecule has 2 N–H and O–H groups in total. The Bertz CT molecular complexity index is 455. The smallest absolute Gasteiger partial charge is 0.275 e. The molecule has 1 aromatic carbocycles. The normalized spacial score (nSPS) is 23.6. The summed E-state index contributed by atoms with van der Waals surface area (Å²) in [6.45, 7) is 5.80.